The fourth-order valence-electron chi connectivity index (χ4n) is 2.22. The monoisotopic (exact) mass is 521 g/mol. The molecule has 1 saturated heterocycles. The number of rotatable bonds is 8. The van der Waals surface area contributed by atoms with Crippen molar-refractivity contribution in [2.24, 2.45) is 0 Å². The lowest BCUT2D eigenvalue weighted by atomic mass is 10.2. The Morgan fingerprint density at radius 3 is 2.64 bits per heavy atom. The number of ether oxygens (including phenoxy) is 3. The average Bonchev–Trinajstić information content (AvgIpc) is 2.87. The summed E-state index contributed by atoms with van der Waals surface area (Å²) < 4.78 is 16.2. The Labute approximate surface area is 178 Å². The van der Waals surface area contributed by atoms with Gasteiger partial charge in [-0.1, -0.05) is 0 Å². The molecule has 1 heterocycles. The Balaban J connectivity index is 2.25. The van der Waals surface area contributed by atoms with Crippen LogP contribution in [-0.2, 0) is 19.1 Å². The van der Waals surface area contributed by atoms with Crippen LogP contribution < -0.4 is 9.47 Å². The summed E-state index contributed by atoms with van der Waals surface area (Å²) in [5, 5.41) is 8.16. The first-order valence-electron chi connectivity index (χ1n) is 7.90. The molecule has 11 heteroatoms. The second kappa shape index (κ2) is 9.78. The van der Waals surface area contributed by atoms with Crippen molar-refractivity contribution >= 4 is 63.5 Å². The van der Waals surface area contributed by atoms with Crippen molar-refractivity contribution in [3.63, 3.8) is 0 Å². The first kappa shape index (κ1) is 22.0. The maximum atomic E-state index is 12.2. The summed E-state index contributed by atoms with van der Waals surface area (Å²) in [5.74, 6) is -1.80. The van der Waals surface area contributed by atoms with Gasteiger partial charge in [0.2, 0.25) is 0 Å². The highest BCUT2D eigenvalue weighted by Gasteiger charge is 2.36. The predicted molar refractivity (Wildman–Crippen MR) is 108 cm³/mol. The highest BCUT2D eigenvalue weighted by Crippen LogP contribution is 2.37. The normalized spacial score (nSPS) is 15.1. The molecule has 150 valence electrons. The number of aliphatic carboxylic acids is 1. The van der Waals surface area contributed by atoms with Crippen molar-refractivity contribution in [2.45, 2.75) is 6.92 Å². The van der Waals surface area contributed by atoms with E-state index in [0.29, 0.717) is 37.3 Å². The summed E-state index contributed by atoms with van der Waals surface area (Å²) in [6, 6.07) is 3.25. The molecule has 0 radical (unpaired) electrons. The van der Waals surface area contributed by atoms with Crippen LogP contribution >= 0.6 is 34.4 Å². The molecule has 28 heavy (non-hydrogen) atoms. The third-order valence-electron chi connectivity index (χ3n) is 3.36. The van der Waals surface area contributed by atoms with Crippen molar-refractivity contribution in [3.8, 4) is 11.5 Å². The second-order valence-electron chi connectivity index (χ2n) is 5.29. The average molecular weight is 521 g/mol. The zero-order chi connectivity index (χ0) is 20.8. The van der Waals surface area contributed by atoms with E-state index in [1.165, 1.54) is 13.2 Å². The Hall–Kier alpha value is -2.28. The van der Waals surface area contributed by atoms with Gasteiger partial charge in [0, 0.05) is 0 Å². The lowest BCUT2D eigenvalue weighted by Gasteiger charge is -2.13. The van der Waals surface area contributed by atoms with Crippen LogP contribution in [0.2, 0.25) is 0 Å². The summed E-state index contributed by atoms with van der Waals surface area (Å²) >= 11 is 2.65. The number of carboxylic acid groups (broad SMARTS) is 1. The Morgan fingerprint density at radius 1 is 1.32 bits per heavy atom. The van der Waals surface area contributed by atoms with Crippen LogP contribution in [0.15, 0.2) is 17.0 Å². The molecule has 0 spiro atoms. The van der Waals surface area contributed by atoms with Crippen molar-refractivity contribution in [3.05, 3.63) is 26.2 Å². The minimum atomic E-state index is -1.28. The van der Waals surface area contributed by atoms with E-state index in [1.807, 2.05) is 22.6 Å². The number of esters is 1. The van der Waals surface area contributed by atoms with Crippen LogP contribution in [0.5, 0.6) is 11.5 Å². The van der Waals surface area contributed by atoms with Gasteiger partial charge < -0.3 is 19.3 Å². The van der Waals surface area contributed by atoms with Gasteiger partial charge in [0.05, 0.1) is 22.2 Å². The van der Waals surface area contributed by atoms with E-state index in [4.69, 9.17) is 19.3 Å². The number of carboxylic acids is 1. The largest absolute Gasteiger partial charge is 0.493 e. The van der Waals surface area contributed by atoms with Crippen LogP contribution in [0.25, 0.3) is 6.08 Å². The smallest absolute Gasteiger partial charge is 0.344 e. The number of hydrogen-bond acceptors (Lipinski definition) is 8. The molecule has 0 atom stereocenters. The predicted octanol–water partition coefficient (Wildman–Crippen LogP) is 2.36. The van der Waals surface area contributed by atoms with Gasteiger partial charge in [0.15, 0.2) is 18.1 Å². The lowest BCUT2D eigenvalue weighted by molar-refractivity contribution is -0.145. The summed E-state index contributed by atoms with van der Waals surface area (Å²) in [6.07, 6.45) is 1.46. The van der Waals surface area contributed by atoms with E-state index in [-0.39, 0.29) is 18.1 Å². The number of hydrogen-bond donors (Lipinski definition) is 1. The van der Waals surface area contributed by atoms with Crippen LogP contribution in [-0.4, -0.2) is 60.0 Å². The van der Waals surface area contributed by atoms with E-state index in [2.05, 4.69) is 0 Å². The number of amides is 2. The first-order valence-corrected chi connectivity index (χ1v) is 9.79. The van der Waals surface area contributed by atoms with Crippen molar-refractivity contribution < 1.29 is 38.5 Å². The van der Waals surface area contributed by atoms with E-state index >= 15 is 0 Å². The molecule has 0 unspecified atom stereocenters. The number of thioether (sulfide) groups is 1. The van der Waals surface area contributed by atoms with E-state index in [9.17, 15) is 19.2 Å². The third kappa shape index (κ3) is 5.38. The molecule has 2 rings (SSSR count). The van der Waals surface area contributed by atoms with Crippen molar-refractivity contribution in [2.75, 3.05) is 26.9 Å². The first-order chi connectivity index (χ1) is 13.3. The molecule has 1 aromatic rings. The molecule has 9 nitrogen and oxygen atoms in total. The SMILES string of the molecule is CCOC(=O)COc1c(I)cc(/C=C2/SC(=O)N(CC(=O)O)C2=O)cc1OC. The highest BCUT2D eigenvalue weighted by atomic mass is 127. The fourth-order valence-corrected chi connectivity index (χ4v) is 3.84. The number of methoxy groups -OCH3 is 1. The summed E-state index contributed by atoms with van der Waals surface area (Å²) in [7, 11) is 1.42. The molecular weight excluding hydrogens is 505 g/mol. The maximum absolute atomic E-state index is 12.2. The third-order valence-corrected chi connectivity index (χ3v) is 5.06. The molecule has 0 aliphatic carbocycles. The van der Waals surface area contributed by atoms with Gasteiger partial charge in [0.25, 0.3) is 11.1 Å². The topological polar surface area (TPSA) is 119 Å². The minimum Gasteiger partial charge on any atom is -0.493 e. The number of benzene rings is 1. The molecular formula is C17H16INO8S. The van der Waals surface area contributed by atoms with E-state index in [1.54, 1.807) is 19.1 Å². The lowest BCUT2D eigenvalue weighted by Crippen LogP contribution is -2.33. The molecule has 1 aromatic carbocycles. The molecule has 1 aliphatic rings. The fraction of sp³-hybridized carbons (Fsp3) is 0.294. The van der Waals surface area contributed by atoms with Gasteiger partial charge in [-0.15, -0.1) is 0 Å². The number of imide groups is 1. The standard InChI is InChI=1S/C17H16INO8S/c1-3-26-14(22)8-27-15-10(18)4-9(5-11(15)25-2)6-12-16(23)19(7-13(20)21)17(24)28-12/h4-6H,3,7-8H2,1-2H3,(H,20,21)/b12-6+. The molecule has 0 aromatic heterocycles. The van der Waals surface area contributed by atoms with Crippen LogP contribution in [0.3, 0.4) is 0 Å². The molecule has 1 N–H and O–H groups in total. The second-order valence-corrected chi connectivity index (χ2v) is 7.44. The van der Waals surface area contributed by atoms with Gasteiger partial charge in [0.1, 0.15) is 6.54 Å². The zero-order valence-corrected chi connectivity index (χ0v) is 17.9. The van der Waals surface area contributed by atoms with Crippen molar-refractivity contribution in [1.82, 2.24) is 4.90 Å². The highest BCUT2D eigenvalue weighted by molar-refractivity contribution is 14.1. The van der Waals surface area contributed by atoms with Gasteiger partial charge in [-0.25, -0.2) is 4.79 Å². The summed E-state index contributed by atoms with van der Waals surface area (Å²) in [6.45, 7) is 0.957. The van der Waals surface area contributed by atoms with Crippen LogP contribution in [0, 0.1) is 3.57 Å². The molecule has 0 bridgehead atoms. The molecule has 0 saturated carbocycles. The Kier molecular flexibility index (Phi) is 7.69. The minimum absolute atomic E-state index is 0.101. The molecule has 2 amide bonds. The van der Waals surface area contributed by atoms with Gasteiger partial charge in [-0.2, -0.15) is 0 Å². The molecule has 1 fully saturated rings. The van der Waals surface area contributed by atoms with Gasteiger partial charge in [-0.3, -0.25) is 19.3 Å². The van der Waals surface area contributed by atoms with Gasteiger partial charge >= 0.3 is 11.9 Å². The quantitative estimate of drug-likeness (QED) is 0.312. The van der Waals surface area contributed by atoms with Crippen LogP contribution in [0.4, 0.5) is 4.79 Å². The van der Waals surface area contributed by atoms with Crippen molar-refractivity contribution in [1.29, 1.82) is 0 Å². The van der Waals surface area contributed by atoms with E-state index < -0.39 is 29.6 Å². The Bertz CT molecular complexity index is 854. The molecule has 1 aliphatic heterocycles. The van der Waals surface area contributed by atoms with Gasteiger partial charge in [-0.05, 0) is 65.0 Å². The van der Waals surface area contributed by atoms with E-state index in [0.717, 1.165) is 0 Å². The zero-order valence-electron chi connectivity index (χ0n) is 14.9. The number of carbonyl (C=O) groups is 4. The number of nitrogens with zero attached hydrogens (tertiary/aromatic N) is 1. The number of halogens is 1. The summed E-state index contributed by atoms with van der Waals surface area (Å²) in [4.78, 5) is 47.1. The number of carbonyl (C=O) groups excluding carboxylic acids is 3. The van der Waals surface area contributed by atoms with Crippen LogP contribution in [0.1, 0.15) is 12.5 Å². The summed E-state index contributed by atoms with van der Waals surface area (Å²) in [5.41, 5.74) is 0.547. The maximum Gasteiger partial charge on any atom is 0.344 e. The Morgan fingerprint density at radius 2 is 2.04 bits per heavy atom.